The van der Waals surface area contributed by atoms with E-state index in [1.54, 1.807) is 0 Å². The van der Waals surface area contributed by atoms with Crippen molar-refractivity contribution < 1.29 is 119 Å². The molecule has 66 heavy (non-hydrogen) atoms. The number of methoxy groups -OCH3 is 1. The number of hydrogen-bond acceptors (Lipinski definition) is 24. The van der Waals surface area contributed by atoms with Crippen LogP contribution in [0.3, 0.4) is 0 Å². The lowest BCUT2D eigenvalue weighted by Gasteiger charge is -2.48. The predicted molar refractivity (Wildman–Crippen MR) is 210 cm³/mol. The van der Waals surface area contributed by atoms with Gasteiger partial charge in [0.25, 0.3) is 5.79 Å². The molecule has 0 aliphatic carbocycles. The standard InChI is InChI=1S/C39H50NO25P/c1-17(41)40-32-29(58-21(5)45)14-39(38(50)53-10,64-36(32)34(60-23(7)47)30(59-22(6)46)15-54-18(2)42)65-66(51,52)55-16-31-35(61-24(8)48)37(62-25(9)49)33(63-31)27-12-11-26(56-19(3)43)13-28(27)57-20(4)44/h11-13,29-37H,14-16H2,1-10H3,(H,40,41)(H,51,52)/t29-,30+,31+,32+,33-,34+,35+,36+,37-,39+/m0/s1. The maximum absolute atomic E-state index is 14.1. The van der Waals surface area contributed by atoms with E-state index < -0.39 is 148 Å². The second-order valence-corrected chi connectivity index (χ2v) is 15.8. The number of phosphoric ester groups is 1. The fraction of sp³-hybridized carbons (Fsp3) is 0.590. The van der Waals surface area contributed by atoms with E-state index in [4.69, 9.17) is 61.2 Å². The van der Waals surface area contributed by atoms with Crippen molar-refractivity contribution in [1.82, 2.24) is 5.32 Å². The normalized spacial score (nSPS) is 25.2. The smallest absolute Gasteiger partial charge is 0.465 e. The first-order chi connectivity index (χ1) is 30.7. The minimum absolute atomic E-state index is 0.0462. The molecule has 2 heterocycles. The molecule has 0 spiro atoms. The highest BCUT2D eigenvalue weighted by atomic mass is 31.2. The van der Waals surface area contributed by atoms with E-state index in [1.807, 2.05) is 0 Å². The van der Waals surface area contributed by atoms with E-state index in [1.165, 1.54) is 12.1 Å². The first-order valence-corrected chi connectivity index (χ1v) is 21.0. The lowest BCUT2D eigenvalue weighted by atomic mass is 9.88. The van der Waals surface area contributed by atoms with Crippen LogP contribution in [0.1, 0.15) is 80.4 Å². The van der Waals surface area contributed by atoms with Gasteiger partial charge in [-0.05, 0) is 12.1 Å². The van der Waals surface area contributed by atoms with Crippen LogP contribution in [0.15, 0.2) is 18.2 Å². The molecule has 0 saturated carbocycles. The van der Waals surface area contributed by atoms with Crippen molar-refractivity contribution in [2.45, 2.75) is 129 Å². The van der Waals surface area contributed by atoms with E-state index in [0.29, 0.717) is 0 Å². The molecule has 1 unspecified atom stereocenters. The molecule has 0 bridgehead atoms. The highest BCUT2D eigenvalue weighted by Gasteiger charge is 2.62. The van der Waals surface area contributed by atoms with Gasteiger partial charge >= 0.3 is 61.5 Å². The van der Waals surface area contributed by atoms with Crippen molar-refractivity contribution >= 4 is 67.5 Å². The van der Waals surface area contributed by atoms with Gasteiger partial charge < -0.3 is 62.3 Å². The molecule has 2 N–H and O–H groups in total. The summed E-state index contributed by atoms with van der Waals surface area (Å²) in [5.41, 5.74) is -0.0462. The number of phosphoric acid groups is 1. The third-order valence-corrected chi connectivity index (χ3v) is 9.88. The van der Waals surface area contributed by atoms with Gasteiger partial charge in [-0.1, -0.05) is 0 Å². The summed E-state index contributed by atoms with van der Waals surface area (Å²) in [5.74, 6) is -13.6. The summed E-state index contributed by atoms with van der Waals surface area (Å²) in [6.45, 7) is 6.91. The molecule has 2 saturated heterocycles. The Morgan fingerprint density at radius 3 is 1.88 bits per heavy atom. The Morgan fingerprint density at radius 1 is 0.773 bits per heavy atom. The van der Waals surface area contributed by atoms with Crippen LogP contribution in [0.4, 0.5) is 0 Å². The molecule has 0 aromatic heterocycles. The summed E-state index contributed by atoms with van der Waals surface area (Å²) in [6, 6.07) is 1.99. The molecule has 1 aromatic rings. The number of nitrogens with one attached hydrogen (secondary N) is 1. The molecule has 366 valence electrons. The molecule has 2 aliphatic heterocycles. The van der Waals surface area contributed by atoms with E-state index in [2.05, 4.69) is 5.32 Å². The molecule has 1 aromatic carbocycles. The Kier molecular flexibility index (Phi) is 19.3. The molecule has 2 fully saturated rings. The molecule has 0 radical (unpaired) electrons. The van der Waals surface area contributed by atoms with Crippen molar-refractivity contribution in [3.8, 4) is 11.5 Å². The van der Waals surface area contributed by atoms with Gasteiger partial charge in [-0.15, -0.1) is 0 Å². The van der Waals surface area contributed by atoms with Gasteiger partial charge in [0.2, 0.25) is 5.91 Å². The molecule has 27 heteroatoms. The maximum Gasteiger partial charge on any atom is 0.475 e. The van der Waals surface area contributed by atoms with Crippen LogP contribution in [-0.2, 0) is 104 Å². The summed E-state index contributed by atoms with van der Waals surface area (Å²) < 4.78 is 84.3. The Morgan fingerprint density at radius 2 is 1.36 bits per heavy atom. The lowest BCUT2D eigenvalue weighted by molar-refractivity contribution is -0.293. The number of carbonyl (C=O) groups excluding carboxylic acids is 10. The number of amides is 1. The molecular formula is C39H50NO25P. The van der Waals surface area contributed by atoms with Gasteiger partial charge in [-0.3, -0.25) is 47.7 Å². The van der Waals surface area contributed by atoms with E-state index in [0.717, 1.165) is 75.5 Å². The summed E-state index contributed by atoms with van der Waals surface area (Å²) in [6.07, 6.45) is -15.2. The fourth-order valence-electron chi connectivity index (χ4n) is 6.86. The second kappa shape index (κ2) is 23.4. The Hall–Kier alpha value is -6.05. The number of esters is 9. The van der Waals surface area contributed by atoms with Crippen LogP contribution < -0.4 is 14.8 Å². The molecule has 11 atom stereocenters. The Labute approximate surface area is 375 Å². The molecule has 3 rings (SSSR count). The van der Waals surface area contributed by atoms with Crippen LogP contribution in [0.2, 0.25) is 0 Å². The zero-order valence-electron chi connectivity index (χ0n) is 37.2. The highest BCUT2D eigenvalue weighted by Crippen LogP contribution is 2.53. The monoisotopic (exact) mass is 963 g/mol. The predicted octanol–water partition coefficient (Wildman–Crippen LogP) is 0.495. The minimum Gasteiger partial charge on any atom is -0.465 e. The molecule has 26 nitrogen and oxygen atoms in total. The lowest BCUT2D eigenvalue weighted by Crippen LogP contribution is -2.69. The second-order valence-electron chi connectivity index (χ2n) is 14.4. The van der Waals surface area contributed by atoms with Crippen molar-refractivity contribution in [2.75, 3.05) is 20.3 Å². The van der Waals surface area contributed by atoms with Crippen LogP contribution in [-0.4, -0.2) is 139 Å². The number of carbonyl (C=O) groups is 10. The summed E-state index contributed by atoms with van der Waals surface area (Å²) in [5, 5.41) is 2.42. The summed E-state index contributed by atoms with van der Waals surface area (Å²) in [4.78, 5) is 136. The van der Waals surface area contributed by atoms with Crippen LogP contribution in [0.25, 0.3) is 0 Å². The van der Waals surface area contributed by atoms with Gasteiger partial charge in [0.1, 0.15) is 42.5 Å². The Balaban J connectivity index is 2.17. The number of benzene rings is 1. The zero-order chi connectivity index (χ0) is 49.8. The maximum atomic E-state index is 14.1. The first kappa shape index (κ1) is 54.3. The summed E-state index contributed by atoms with van der Waals surface area (Å²) in [7, 11) is -5.03. The van der Waals surface area contributed by atoms with Gasteiger partial charge in [-0.25, -0.2) is 13.9 Å². The van der Waals surface area contributed by atoms with Gasteiger partial charge in [-0.2, -0.15) is 0 Å². The van der Waals surface area contributed by atoms with Crippen LogP contribution in [0.5, 0.6) is 11.5 Å². The zero-order valence-corrected chi connectivity index (χ0v) is 38.1. The fourth-order valence-corrected chi connectivity index (χ4v) is 7.81. The first-order valence-electron chi connectivity index (χ1n) is 19.5. The van der Waals surface area contributed by atoms with E-state index in [9.17, 15) is 57.4 Å². The number of hydrogen-bond donors (Lipinski definition) is 2. The third kappa shape index (κ3) is 15.5. The van der Waals surface area contributed by atoms with Crippen LogP contribution in [0, 0.1) is 0 Å². The third-order valence-electron chi connectivity index (χ3n) is 8.88. The van der Waals surface area contributed by atoms with Gasteiger partial charge in [0.15, 0.2) is 24.4 Å². The topological polar surface area (TPSA) is 340 Å². The average molecular weight is 964 g/mol. The Bertz CT molecular complexity index is 2090. The molecular weight excluding hydrogens is 913 g/mol. The van der Waals surface area contributed by atoms with Gasteiger partial charge in [0.05, 0.1) is 26.2 Å². The van der Waals surface area contributed by atoms with Crippen molar-refractivity contribution in [2.24, 2.45) is 0 Å². The largest absolute Gasteiger partial charge is 0.475 e. The number of rotatable bonds is 19. The molecule has 2 aliphatic rings. The van der Waals surface area contributed by atoms with Crippen LogP contribution >= 0.6 is 7.82 Å². The highest BCUT2D eigenvalue weighted by molar-refractivity contribution is 7.47. The van der Waals surface area contributed by atoms with Crippen molar-refractivity contribution in [3.63, 3.8) is 0 Å². The van der Waals surface area contributed by atoms with E-state index >= 15 is 0 Å². The minimum atomic E-state index is -5.82. The quantitative estimate of drug-likeness (QED) is 0.0825. The molecule has 1 amide bonds. The van der Waals surface area contributed by atoms with Crippen molar-refractivity contribution in [3.05, 3.63) is 23.8 Å². The average Bonchev–Trinajstić information content (AvgIpc) is 3.48. The SMILES string of the molecule is COC(=O)[C@]1(OP(=O)(O)OC[C@H]2O[C@@H](c3ccc(OC(C)=O)cc3OC(C)=O)[C@H](OC(C)=O)[C@@H]2OC(C)=O)C[C@H](OC(C)=O)[C@@H](NC(C)=O)[C@H]([C@H](OC(C)=O)[C@@H](COC(C)=O)OC(C)=O)O1. The summed E-state index contributed by atoms with van der Waals surface area (Å²) >= 11 is 0. The van der Waals surface area contributed by atoms with E-state index in [-0.39, 0.29) is 17.1 Å². The number of ether oxygens (including phenoxy) is 11. The van der Waals surface area contributed by atoms with Gasteiger partial charge in [0, 0.05) is 73.9 Å². The van der Waals surface area contributed by atoms with Crippen molar-refractivity contribution in [1.29, 1.82) is 0 Å².